The molecule has 0 atom stereocenters. The number of carbonyl (C=O) groups excluding carboxylic acids is 1. The molecule has 1 aliphatic rings. The number of nitrogens with one attached hydrogen (secondary N) is 2. The molecular weight excluding hydrogens is 246 g/mol. The fraction of sp³-hybridized carbons (Fsp3) is 0.846. The largest absolute Gasteiger partial charge is 0.360 e. The van der Waals surface area contributed by atoms with E-state index in [9.17, 15) is 4.79 Å². The Kier molecular flexibility index (Phi) is 7.01. The van der Waals surface area contributed by atoms with Gasteiger partial charge in [0.25, 0.3) is 0 Å². The summed E-state index contributed by atoms with van der Waals surface area (Å²) in [6.07, 6.45) is 6.28. The summed E-state index contributed by atoms with van der Waals surface area (Å²) in [4.78, 5) is 13.5. The Hall–Kier alpha value is -0.840. The number of amides is 1. The third kappa shape index (κ3) is 5.21. The van der Waals surface area contributed by atoms with Crippen molar-refractivity contribution in [2.75, 3.05) is 19.6 Å². The van der Waals surface area contributed by atoms with Gasteiger partial charge in [-0.05, 0) is 38.9 Å². The molecule has 0 unspecified atom stereocenters. The number of carbonyl (C=O) groups is 1. The smallest absolute Gasteiger partial charge is 0.239 e. The van der Waals surface area contributed by atoms with E-state index in [0.717, 1.165) is 11.7 Å². The van der Waals surface area contributed by atoms with Crippen molar-refractivity contribution in [2.45, 2.75) is 52.0 Å². The molecule has 0 aromatic carbocycles. The zero-order valence-corrected chi connectivity index (χ0v) is 12.3. The third-order valence-corrected chi connectivity index (χ3v) is 3.69. The van der Waals surface area contributed by atoms with Gasteiger partial charge in [-0.3, -0.25) is 4.79 Å². The Morgan fingerprint density at radius 1 is 1.28 bits per heavy atom. The highest BCUT2D eigenvalue weighted by molar-refractivity contribution is 7.80. The number of rotatable bonds is 5. The van der Waals surface area contributed by atoms with Crippen LogP contribution in [0.25, 0.3) is 0 Å². The predicted molar refractivity (Wildman–Crippen MR) is 78.5 cm³/mol. The lowest BCUT2D eigenvalue weighted by molar-refractivity contribution is -0.121. The van der Waals surface area contributed by atoms with Crippen LogP contribution < -0.4 is 10.6 Å². The number of likely N-dealkylation sites (N-methyl/N-ethyl adjacent to an activating group) is 2. The zero-order chi connectivity index (χ0) is 13.4. The van der Waals surface area contributed by atoms with Crippen LogP contribution in [0.4, 0.5) is 0 Å². The summed E-state index contributed by atoms with van der Waals surface area (Å²) in [6, 6.07) is 0.495. The molecule has 18 heavy (non-hydrogen) atoms. The van der Waals surface area contributed by atoms with Crippen LogP contribution in [0.5, 0.6) is 0 Å². The van der Waals surface area contributed by atoms with Gasteiger partial charge in [0, 0.05) is 19.1 Å². The van der Waals surface area contributed by atoms with Gasteiger partial charge in [0.2, 0.25) is 5.91 Å². The second kappa shape index (κ2) is 8.29. The number of nitrogens with zero attached hydrogens (tertiary/aromatic N) is 1. The summed E-state index contributed by atoms with van der Waals surface area (Å²) in [5.74, 6) is 0.0344. The summed E-state index contributed by atoms with van der Waals surface area (Å²) in [5, 5.41) is 6.91. The van der Waals surface area contributed by atoms with Crippen molar-refractivity contribution in [1.82, 2.24) is 15.5 Å². The van der Waals surface area contributed by atoms with Crippen molar-refractivity contribution < 1.29 is 4.79 Å². The standard InChI is InChI=1S/C13H25N3OS/c1-3-14-12(17)10-16(4-2)13(18)15-11-8-6-5-7-9-11/h11H,3-10H2,1-2H3,(H,14,17)(H,15,18). The Bertz CT molecular complexity index is 277. The maximum absolute atomic E-state index is 11.6. The summed E-state index contributed by atoms with van der Waals surface area (Å²) < 4.78 is 0. The minimum atomic E-state index is 0.0344. The van der Waals surface area contributed by atoms with Crippen molar-refractivity contribution in [1.29, 1.82) is 0 Å². The first kappa shape index (κ1) is 15.2. The van der Waals surface area contributed by atoms with Crippen molar-refractivity contribution >= 4 is 23.2 Å². The van der Waals surface area contributed by atoms with E-state index < -0.39 is 0 Å². The lowest BCUT2D eigenvalue weighted by atomic mass is 9.96. The Balaban J connectivity index is 2.38. The third-order valence-electron chi connectivity index (χ3n) is 3.31. The summed E-state index contributed by atoms with van der Waals surface area (Å²) in [6.45, 7) is 5.72. The van der Waals surface area contributed by atoms with Crippen molar-refractivity contribution in [3.05, 3.63) is 0 Å². The molecule has 5 heteroatoms. The summed E-state index contributed by atoms with van der Waals surface area (Å²) in [5.41, 5.74) is 0. The minimum Gasteiger partial charge on any atom is -0.360 e. The van der Waals surface area contributed by atoms with Gasteiger partial charge in [-0.1, -0.05) is 19.3 Å². The van der Waals surface area contributed by atoms with E-state index in [4.69, 9.17) is 12.2 Å². The average Bonchev–Trinajstić information content (AvgIpc) is 2.37. The fourth-order valence-corrected chi connectivity index (χ4v) is 2.63. The number of hydrogen-bond donors (Lipinski definition) is 2. The topological polar surface area (TPSA) is 44.4 Å². The predicted octanol–water partition coefficient (Wildman–Crippen LogP) is 1.65. The highest BCUT2D eigenvalue weighted by atomic mass is 32.1. The Labute approximate surface area is 115 Å². The van der Waals surface area contributed by atoms with E-state index in [1.807, 2.05) is 18.7 Å². The molecule has 0 bridgehead atoms. The van der Waals surface area contributed by atoms with E-state index in [1.165, 1.54) is 32.1 Å². The monoisotopic (exact) mass is 271 g/mol. The van der Waals surface area contributed by atoms with E-state index in [2.05, 4.69) is 10.6 Å². The molecule has 0 heterocycles. The molecule has 1 fully saturated rings. The lowest BCUT2D eigenvalue weighted by Gasteiger charge is -2.29. The molecule has 1 saturated carbocycles. The molecule has 104 valence electrons. The van der Waals surface area contributed by atoms with Crippen LogP contribution in [0.15, 0.2) is 0 Å². The quantitative estimate of drug-likeness (QED) is 0.746. The molecule has 1 rings (SSSR count). The molecular formula is C13H25N3OS. The van der Waals surface area contributed by atoms with Crippen LogP contribution in [-0.2, 0) is 4.79 Å². The molecule has 0 aromatic rings. The summed E-state index contributed by atoms with van der Waals surface area (Å²) in [7, 11) is 0. The normalized spacial score (nSPS) is 16.1. The van der Waals surface area contributed by atoms with E-state index >= 15 is 0 Å². The van der Waals surface area contributed by atoms with Crippen LogP contribution in [-0.4, -0.2) is 41.6 Å². The highest BCUT2D eigenvalue weighted by Gasteiger charge is 2.17. The van der Waals surface area contributed by atoms with E-state index in [1.54, 1.807) is 0 Å². The Morgan fingerprint density at radius 3 is 2.50 bits per heavy atom. The van der Waals surface area contributed by atoms with Gasteiger partial charge in [0.15, 0.2) is 5.11 Å². The molecule has 1 aliphatic carbocycles. The summed E-state index contributed by atoms with van der Waals surface area (Å²) >= 11 is 5.39. The van der Waals surface area contributed by atoms with Crippen LogP contribution in [0, 0.1) is 0 Å². The second-order valence-electron chi connectivity index (χ2n) is 4.75. The zero-order valence-electron chi connectivity index (χ0n) is 11.5. The molecule has 0 aliphatic heterocycles. The van der Waals surface area contributed by atoms with E-state index in [0.29, 0.717) is 19.1 Å². The van der Waals surface area contributed by atoms with Crippen LogP contribution >= 0.6 is 12.2 Å². The maximum Gasteiger partial charge on any atom is 0.239 e. The number of thiocarbonyl (C=S) groups is 1. The van der Waals surface area contributed by atoms with E-state index in [-0.39, 0.29) is 5.91 Å². The van der Waals surface area contributed by atoms with Crippen LogP contribution in [0.3, 0.4) is 0 Å². The van der Waals surface area contributed by atoms with Crippen molar-refractivity contribution in [3.8, 4) is 0 Å². The van der Waals surface area contributed by atoms with Crippen LogP contribution in [0.1, 0.15) is 46.0 Å². The van der Waals surface area contributed by atoms with Gasteiger partial charge >= 0.3 is 0 Å². The van der Waals surface area contributed by atoms with Crippen LogP contribution in [0.2, 0.25) is 0 Å². The van der Waals surface area contributed by atoms with Crippen molar-refractivity contribution in [2.24, 2.45) is 0 Å². The van der Waals surface area contributed by atoms with Gasteiger partial charge in [-0.25, -0.2) is 0 Å². The van der Waals surface area contributed by atoms with Gasteiger partial charge in [-0.15, -0.1) is 0 Å². The molecule has 0 radical (unpaired) electrons. The first-order valence-corrected chi connectivity index (χ1v) is 7.40. The average molecular weight is 271 g/mol. The minimum absolute atomic E-state index is 0.0344. The lowest BCUT2D eigenvalue weighted by Crippen LogP contribution is -2.48. The molecule has 0 spiro atoms. The van der Waals surface area contributed by atoms with Crippen molar-refractivity contribution in [3.63, 3.8) is 0 Å². The molecule has 4 nitrogen and oxygen atoms in total. The molecule has 2 N–H and O–H groups in total. The SMILES string of the molecule is CCNC(=O)CN(CC)C(=S)NC1CCCCC1. The number of hydrogen-bond acceptors (Lipinski definition) is 2. The van der Waals surface area contributed by atoms with Gasteiger partial charge in [0.05, 0.1) is 6.54 Å². The second-order valence-corrected chi connectivity index (χ2v) is 5.14. The van der Waals surface area contributed by atoms with Gasteiger partial charge in [-0.2, -0.15) is 0 Å². The maximum atomic E-state index is 11.6. The molecule has 0 saturated heterocycles. The first-order valence-electron chi connectivity index (χ1n) is 6.99. The fourth-order valence-electron chi connectivity index (χ4n) is 2.27. The first-order chi connectivity index (χ1) is 8.67. The van der Waals surface area contributed by atoms with Gasteiger partial charge in [0.1, 0.15) is 0 Å². The Morgan fingerprint density at radius 2 is 1.94 bits per heavy atom. The highest BCUT2D eigenvalue weighted by Crippen LogP contribution is 2.17. The molecule has 1 amide bonds. The van der Waals surface area contributed by atoms with Gasteiger partial charge < -0.3 is 15.5 Å². The molecule has 0 aromatic heterocycles.